The lowest BCUT2D eigenvalue weighted by molar-refractivity contribution is -0.129. The minimum absolute atomic E-state index is 0.136. The van der Waals surface area contributed by atoms with Gasteiger partial charge < -0.3 is 10.2 Å². The highest BCUT2D eigenvalue weighted by Crippen LogP contribution is 2.26. The number of hydrogen-bond acceptors (Lipinski definition) is 4. The van der Waals surface area contributed by atoms with Gasteiger partial charge in [-0.3, -0.25) is 25.2 Å². The molecule has 1 heterocycles. The van der Waals surface area contributed by atoms with Crippen LogP contribution in [0.2, 0.25) is 0 Å². The number of nitrogens with zero attached hydrogens (tertiary/aromatic N) is 1. The number of carbonyl (C=O) groups excluding carboxylic acids is 3. The molecular weight excluding hydrogens is 428 g/mol. The van der Waals surface area contributed by atoms with Crippen molar-refractivity contribution < 1.29 is 14.4 Å². The fourth-order valence-electron chi connectivity index (χ4n) is 4.10. The van der Waals surface area contributed by atoms with Crippen molar-refractivity contribution in [3.63, 3.8) is 0 Å². The highest BCUT2D eigenvalue weighted by Gasteiger charge is 2.23. The Bertz CT molecular complexity index is 1130. The van der Waals surface area contributed by atoms with Gasteiger partial charge in [0.2, 0.25) is 0 Å². The Kier molecular flexibility index (Phi) is 7.55. The number of hydrogen-bond donors (Lipinski definition) is 3. The van der Waals surface area contributed by atoms with Crippen LogP contribution in [0.3, 0.4) is 0 Å². The summed E-state index contributed by atoms with van der Waals surface area (Å²) >= 11 is 0. The van der Waals surface area contributed by atoms with Gasteiger partial charge in [-0.1, -0.05) is 66.7 Å². The first-order valence-electron chi connectivity index (χ1n) is 11.4. The van der Waals surface area contributed by atoms with Crippen molar-refractivity contribution in [2.45, 2.75) is 25.3 Å². The summed E-state index contributed by atoms with van der Waals surface area (Å²) in [6.07, 6.45) is 2.26. The second-order valence-corrected chi connectivity index (χ2v) is 8.27. The van der Waals surface area contributed by atoms with E-state index >= 15 is 0 Å². The van der Waals surface area contributed by atoms with E-state index in [1.165, 1.54) is 5.56 Å². The van der Waals surface area contributed by atoms with Crippen molar-refractivity contribution in [2.75, 3.05) is 18.0 Å². The van der Waals surface area contributed by atoms with Gasteiger partial charge in [-0.2, -0.15) is 0 Å². The normalized spacial score (nSPS) is 13.4. The third-order valence-corrected chi connectivity index (χ3v) is 5.81. The molecule has 1 unspecified atom stereocenters. The lowest BCUT2D eigenvalue weighted by Crippen LogP contribution is -2.54. The second-order valence-electron chi connectivity index (χ2n) is 8.27. The Balaban J connectivity index is 1.38. The first-order valence-corrected chi connectivity index (χ1v) is 11.4. The molecular formula is C27H28N4O3. The standard InChI is InChI=1S/C27H28N4O3/c32-25(19-31-17-9-15-21-12-7-8-16-24(21)31)29-30-27(34)23(18-20-10-3-1-4-11-20)28-26(33)22-13-5-2-6-14-22/h1-8,10-14,16,23H,9,15,17-19H2,(H,28,33)(H,29,32)(H,30,34). The highest BCUT2D eigenvalue weighted by atomic mass is 16.2. The summed E-state index contributed by atoms with van der Waals surface area (Å²) < 4.78 is 0. The van der Waals surface area contributed by atoms with Crippen LogP contribution in [0.1, 0.15) is 27.9 Å². The fourth-order valence-corrected chi connectivity index (χ4v) is 4.10. The summed E-state index contributed by atoms with van der Waals surface area (Å²) in [6.45, 7) is 0.916. The van der Waals surface area contributed by atoms with Gasteiger partial charge >= 0.3 is 0 Å². The molecule has 4 rings (SSSR count). The largest absolute Gasteiger partial charge is 0.362 e. The molecule has 3 aromatic carbocycles. The van der Waals surface area contributed by atoms with Crippen molar-refractivity contribution in [1.82, 2.24) is 16.2 Å². The van der Waals surface area contributed by atoms with Gasteiger partial charge in [-0.05, 0) is 42.2 Å². The summed E-state index contributed by atoms with van der Waals surface area (Å²) in [4.78, 5) is 40.2. The lowest BCUT2D eigenvalue weighted by Gasteiger charge is -2.30. The van der Waals surface area contributed by atoms with Gasteiger partial charge in [0.25, 0.3) is 17.7 Å². The third-order valence-electron chi connectivity index (χ3n) is 5.81. The molecule has 0 bridgehead atoms. The summed E-state index contributed by atoms with van der Waals surface area (Å²) in [5.41, 5.74) is 8.62. The fraction of sp³-hybridized carbons (Fsp3) is 0.222. The zero-order chi connectivity index (χ0) is 23.8. The van der Waals surface area contributed by atoms with E-state index in [0.717, 1.165) is 30.6 Å². The van der Waals surface area contributed by atoms with Crippen LogP contribution in [0.4, 0.5) is 5.69 Å². The number of anilines is 1. The van der Waals surface area contributed by atoms with Crippen LogP contribution in [0, 0.1) is 0 Å². The van der Waals surface area contributed by atoms with Crippen LogP contribution in [0.25, 0.3) is 0 Å². The van der Waals surface area contributed by atoms with Crippen molar-refractivity contribution in [3.05, 3.63) is 102 Å². The molecule has 7 heteroatoms. The molecule has 34 heavy (non-hydrogen) atoms. The van der Waals surface area contributed by atoms with E-state index in [0.29, 0.717) is 12.0 Å². The van der Waals surface area contributed by atoms with Crippen molar-refractivity contribution in [1.29, 1.82) is 0 Å². The molecule has 0 aliphatic carbocycles. The average Bonchev–Trinajstić information content (AvgIpc) is 2.88. The van der Waals surface area contributed by atoms with Crippen molar-refractivity contribution in [3.8, 4) is 0 Å². The number of benzene rings is 3. The predicted molar refractivity (Wildman–Crippen MR) is 131 cm³/mol. The molecule has 1 aliphatic rings. The maximum absolute atomic E-state index is 13.0. The van der Waals surface area contributed by atoms with Crippen molar-refractivity contribution >= 4 is 23.4 Å². The molecule has 7 nitrogen and oxygen atoms in total. The average molecular weight is 457 g/mol. The number of carbonyl (C=O) groups is 3. The molecule has 3 amide bonds. The number of nitrogens with one attached hydrogen (secondary N) is 3. The van der Waals surface area contributed by atoms with E-state index in [4.69, 9.17) is 0 Å². The van der Waals surface area contributed by atoms with Crippen LogP contribution in [0.15, 0.2) is 84.9 Å². The van der Waals surface area contributed by atoms with Gasteiger partial charge in [0.15, 0.2) is 0 Å². The molecule has 0 spiro atoms. The SMILES string of the molecule is O=C(CN1CCCc2ccccc21)NNC(=O)C(Cc1ccccc1)NC(=O)c1ccccc1. The zero-order valence-corrected chi connectivity index (χ0v) is 18.9. The number of fused-ring (bicyclic) bond motifs is 1. The first-order chi connectivity index (χ1) is 16.6. The number of amides is 3. The van der Waals surface area contributed by atoms with E-state index in [2.05, 4.69) is 22.2 Å². The van der Waals surface area contributed by atoms with Gasteiger partial charge in [0.05, 0.1) is 6.54 Å². The summed E-state index contributed by atoms with van der Waals surface area (Å²) in [6, 6.07) is 25.3. The number of para-hydroxylation sites is 1. The monoisotopic (exact) mass is 456 g/mol. The predicted octanol–water partition coefficient (Wildman–Crippen LogP) is 2.63. The van der Waals surface area contributed by atoms with E-state index in [-0.39, 0.29) is 18.4 Å². The van der Waals surface area contributed by atoms with E-state index in [9.17, 15) is 14.4 Å². The highest BCUT2D eigenvalue weighted by molar-refractivity contribution is 5.98. The van der Waals surface area contributed by atoms with Crippen molar-refractivity contribution in [2.24, 2.45) is 0 Å². The van der Waals surface area contributed by atoms with Gasteiger partial charge in [-0.15, -0.1) is 0 Å². The van der Waals surface area contributed by atoms with Crippen LogP contribution in [0.5, 0.6) is 0 Å². The molecule has 174 valence electrons. The third kappa shape index (κ3) is 6.01. The summed E-state index contributed by atoms with van der Waals surface area (Å²) in [5.74, 6) is -1.16. The summed E-state index contributed by atoms with van der Waals surface area (Å²) in [7, 11) is 0. The smallest absolute Gasteiger partial charge is 0.261 e. The Morgan fingerprint density at radius 1 is 0.824 bits per heavy atom. The molecule has 0 aromatic heterocycles. The zero-order valence-electron chi connectivity index (χ0n) is 18.9. The second kappa shape index (κ2) is 11.1. The minimum atomic E-state index is -0.855. The number of rotatable bonds is 7. The number of aryl methyl sites for hydroxylation is 1. The van der Waals surface area contributed by atoms with E-state index in [1.54, 1.807) is 24.3 Å². The van der Waals surface area contributed by atoms with Crippen LogP contribution in [-0.4, -0.2) is 36.9 Å². The van der Waals surface area contributed by atoms with Crippen LogP contribution in [-0.2, 0) is 22.4 Å². The van der Waals surface area contributed by atoms with Gasteiger partial charge in [0, 0.05) is 24.2 Å². The molecule has 1 atom stereocenters. The topological polar surface area (TPSA) is 90.5 Å². The Labute approximate surface area is 199 Å². The van der Waals surface area contributed by atoms with Gasteiger partial charge in [0.1, 0.15) is 6.04 Å². The summed E-state index contributed by atoms with van der Waals surface area (Å²) in [5, 5.41) is 2.79. The van der Waals surface area contributed by atoms with E-state index in [1.807, 2.05) is 59.5 Å². The van der Waals surface area contributed by atoms with Crippen LogP contribution >= 0.6 is 0 Å². The molecule has 1 aliphatic heterocycles. The molecule has 0 saturated carbocycles. The Morgan fingerprint density at radius 3 is 2.26 bits per heavy atom. The number of hydrazine groups is 1. The first kappa shape index (κ1) is 23.0. The maximum atomic E-state index is 13.0. The maximum Gasteiger partial charge on any atom is 0.261 e. The molecule has 0 fully saturated rings. The molecule has 0 radical (unpaired) electrons. The quantitative estimate of drug-likeness (QED) is 0.477. The minimum Gasteiger partial charge on any atom is -0.362 e. The van der Waals surface area contributed by atoms with E-state index < -0.39 is 11.9 Å². The molecule has 3 N–H and O–H groups in total. The van der Waals surface area contributed by atoms with Gasteiger partial charge in [-0.25, -0.2) is 0 Å². The lowest BCUT2D eigenvalue weighted by atomic mass is 10.0. The molecule has 3 aromatic rings. The Morgan fingerprint density at radius 2 is 1.50 bits per heavy atom. The molecule has 0 saturated heterocycles. The van der Waals surface area contributed by atoms with Crippen LogP contribution < -0.4 is 21.1 Å². The Hall–Kier alpha value is -4.13.